The number of nitrogens with zero attached hydrogens (tertiary/aromatic N) is 5. The number of amides is 1. The van der Waals surface area contributed by atoms with Crippen molar-refractivity contribution in [3.63, 3.8) is 0 Å². The molecule has 4 rings (SSSR count). The predicted molar refractivity (Wildman–Crippen MR) is 108 cm³/mol. The number of para-hydroxylation sites is 1. The highest BCUT2D eigenvalue weighted by Crippen LogP contribution is 2.21. The van der Waals surface area contributed by atoms with Crippen LogP contribution in [0.5, 0.6) is 0 Å². The van der Waals surface area contributed by atoms with Gasteiger partial charge in [-0.05, 0) is 30.3 Å². The van der Waals surface area contributed by atoms with Gasteiger partial charge in [0.15, 0.2) is 0 Å². The van der Waals surface area contributed by atoms with E-state index >= 15 is 0 Å². The molecule has 7 nitrogen and oxygen atoms in total. The number of aromatic nitrogens is 3. The van der Waals surface area contributed by atoms with Crippen molar-refractivity contribution < 1.29 is 9.18 Å². The summed E-state index contributed by atoms with van der Waals surface area (Å²) in [7, 11) is 0. The predicted octanol–water partition coefficient (Wildman–Crippen LogP) is 2.27. The molecule has 0 atom stereocenters. The average Bonchev–Trinajstić information content (AvgIpc) is 2.79. The highest BCUT2D eigenvalue weighted by Gasteiger charge is 2.21. The van der Waals surface area contributed by atoms with Crippen LogP contribution in [0.25, 0.3) is 0 Å². The molecule has 1 aromatic carbocycles. The second kappa shape index (κ2) is 8.64. The molecule has 29 heavy (non-hydrogen) atoms. The molecule has 3 heterocycles. The Morgan fingerprint density at radius 2 is 1.69 bits per heavy atom. The van der Waals surface area contributed by atoms with Crippen LogP contribution in [0.4, 0.5) is 16.0 Å². The first kappa shape index (κ1) is 18.8. The molecule has 0 aliphatic carbocycles. The van der Waals surface area contributed by atoms with Crippen LogP contribution >= 0.6 is 0 Å². The van der Waals surface area contributed by atoms with Gasteiger partial charge < -0.3 is 15.1 Å². The molecule has 0 spiro atoms. The first-order chi connectivity index (χ1) is 14.2. The van der Waals surface area contributed by atoms with E-state index in [1.54, 1.807) is 30.6 Å². The fraction of sp³-hybridized carbons (Fsp3) is 0.238. The van der Waals surface area contributed by atoms with E-state index in [2.05, 4.69) is 20.3 Å². The van der Waals surface area contributed by atoms with E-state index < -0.39 is 0 Å². The minimum atomic E-state index is -0.274. The van der Waals surface area contributed by atoms with Crippen LogP contribution in [0.2, 0.25) is 0 Å². The van der Waals surface area contributed by atoms with Crippen molar-refractivity contribution >= 4 is 17.5 Å². The van der Waals surface area contributed by atoms with Crippen molar-refractivity contribution in [2.45, 2.75) is 6.54 Å². The molecule has 0 bridgehead atoms. The van der Waals surface area contributed by atoms with Crippen molar-refractivity contribution in [1.82, 2.24) is 20.3 Å². The molecule has 1 N–H and O–H groups in total. The number of hydrogen-bond donors (Lipinski definition) is 1. The normalized spacial score (nSPS) is 14.0. The Morgan fingerprint density at radius 1 is 0.931 bits per heavy atom. The van der Waals surface area contributed by atoms with Crippen molar-refractivity contribution in [1.29, 1.82) is 0 Å². The average molecular weight is 392 g/mol. The zero-order chi connectivity index (χ0) is 20.1. The molecule has 2 aromatic heterocycles. The van der Waals surface area contributed by atoms with Gasteiger partial charge in [0, 0.05) is 38.6 Å². The van der Waals surface area contributed by atoms with Gasteiger partial charge in [0.05, 0.1) is 17.9 Å². The summed E-state index contributed by atoms with van der Waals surface area (Å²) < 4.78 is 14.0. The van der Waals surface area contributed by atoms with Crippen LogP contribution in [-0.4, -0.2) is 47.0 Å². The van der Waals surface area contributed by atoms with Crippen molar-refractivity contribution in [3.8, 4) is 0 Å². The first-order valence-electron chi connectivity index (χ1n) is 9.46. The minimum absolute atomic E-state index is 0.219. The number of hydrogen-bond acceptors (Lipinski definition) is 6. The zero-order valence-electron chi connectivity index (χ0n) is 15.8. The van der Waals surface area contributed by atoms with Gasteiger partial charge in [-0.15, -0.1) is 0 Å². The molecule has 0 unspecified atom stereocenters. The van der Waals surface area contributed by atoms with Crippen LogP contribution in [0.15, 0.2) is 60.9 Å². The first-order valence-corrected chi connectivity index (χ1v) is 9.46. The summed E-state index contributed by atoms with van der Waals surface area (Å²) in [6, 6.07) is 13.9. The van der Waals surface area contributed by atoms with Crippen molar-refractivity contribution in [3.05, 3.63) is 78.1 Å². The quantitative estimate of drug-likeness (QED) is 0.718. The summed E-state index contributed by atoms with van der Waals surface area (Å²) >= 11 is 0. The van der Waals surface area contributed by atoms with E-state index in [0.717, 1.165) is 5.69 Å². The molecular weight excluding hydrogens is 371 g/mol. The smallest absolute Gasteiger partial charge is 0.270 e. The SMILES string of the molecule is O=C(NCc1ccccn1)c1ccnc(N2CCN(c3ccccc3F)CC2)n1. The molecule has 1 aliphatic heterocycles. The van der Waals surface area contributed by atoms with E-state index in [0.29, 0.717) is 50.1 Å². The lowest BCUT2D eigenvalue weighted by molar-refractivity contribution is 0.0945. The van der Waals surface area contributed by atoms with Crippen molar-refractivity contribution in [2.75, 3.05) is 36.0 Å². The second-order valence-electron chi connectivity index (χ2n) is 6.67. The van der Waals surface area contributed by atoms with E-state index in [1.165, 1.54) is 6.07 Å². The number of benzene rings is 1. The molecule has 148 valence electrons. The fourth-order valence-electron chi connectivity index (χ4n) is 3.25. The van der Waals surface area contributed by atoms with Gasteiger partial charge >= 0.3 is 0 Å². The number of nitrogens with one attached hydrogen (secondary N) is 1. The lowest BCUT2D eigenvalue weighted by Crippen LogP contribution is -2.47. The Labute approximate surface area is 168 Å². The van der Waals surface area contributed by atoms with Gasteiger partial charge in [-0.3, -0.25) is 9.78 Å². The standard InChI is InChI=1S/C21H21FN6O/c22-17-6-1-2-7-19(17)27-11-13-28(14-12-27)21-24-10-8-18(26-21)20(29)25-15-16-5-3-4-9-23-16/h1-10H,11-15H2,(H,25,29). The third-order valence-electron chi connectivity index (χ3n) is 4.79. The molecule has 1 amide bonds. The molecule has 1 fully saturated rings. The number of carbonyl (C=O) groups excluding carboxylic acids is 1. The third-order valence-corrected chi connectivity index (χ3v) is 4.79. The summed E-state index contributed by atoms with van der Waals surface area (Å²) in [5, 5.41) is 2.82. The molecular formula is C21H21FN6O. The Morgan fingerprint density at radius 3 is 2.45 bits per heavy atom. The largest absolute Gasteiger partial charge is 0.366 e. The number of anilines is 2. The maximum absolute atomic E-state index is 14.0. The van der Waals surface area contributed by atoms with E-state index in [1.807, 2.05) is 34.1 Å². The minimum Gasteiger partial charge on any atom is -0.366 e. The van der Waals surface area contributed by atoms with Gasteiger partial charge in [0.2, 0.25) is 5.95 Å². The Hall–Kier alpha value is -3.55. The molecule has 3 aromatic rings. The fourth-order valence-corrected chi connectivity index (χ4v) is 3.25. The highest BCUT2D eigenvalue weighted by molar-refractivity contribution is 5.92. The van der Waals surface area contributed by atoms with Gasteiger partial charge in [0.25, 0.3) is 5.91 Å². The lowest BCUT2D eigenvalue weighted by atomic mass is 10.2. The Kier molecular flexibility index (Phi) is 5.60. The van der Waals surface area contributed by atoms with Crippen LogP contribution in [-0.2, 0) is 6.54 Å². The Bertz CT molecular complexity index is 976. The topological polar surface area (TPSA) is 74.2 Å². The van der Waals surface area contributed by atoms with Gasteiger partial charge in [-0.2, -0.15) is 0 Å². The van der Waals surface area contributed by atoms with E-state index in [9.17, 15) is 9.18 Å². The van der Waals surface area contributed by atoms with Crippen molar-refractivity contribution in [2.24, 2.45) is 0 Å². The number of halogens is 1. The molecule has 8 heteroatoms. The maximum Gasteiger partial charge on any atom is 0.270 e. The van der Waals surface area contributed by atoms with E-state index in [4.69, 9.17) is 0 Å². The summed E-state index contributed by atoms with van der Waals surface area (Å²) in [5.41, 5.74) is 1.69. The lowest BCUT2D eigenvalue weighted by Gasteiger charge is -2.36. The number of pyridine rings is 1. The van der Waals surface area contributed by atoms with Crippen LogP contribution < -0.4 is 15.1 Å². The summed E-state index contributed by atoms with van der Waals surface area (Å²) in [5.74, 6) is 0.0109. The molecule has 0 saturated carbocycles. The number of piperazine rings is 1. The van der Waals surface area contributed by atoms with Gasteiger partial charge in [-0.1, -0.05) is 18.2 Å². The van der Waals surface area contributed by atoms with Crippen LogP contribution in [0, 0.1) is 5.82 Å². The summed E-state index contributed by atoms with van der Waals surface area (Å²) in [4.78, 5) is 29.4. The van der Waals surface area contributed by atoms with Gasteiger partial charge in [-0.25, -0.2) is 14.4 Å². The third kappa shape index (κ3) is 4.48. The number of rotatable bonds is 5. The van der Waals surface area contributed by atoms with E-state index in [-0.39, 0.29) is 11.7 Å². The zero-order valence-corrected chi connectivity index (χ0v) is 15.8. The maximum atomic E-state index is 14.0. The van der Waals surface area contributed by atoms with Crippen LogP contribution in [0.3, 0.4) is 0 Å². The van der Waals surface area contributed by atoms with Crippen LogP contribution in [0.1, 0.15) is 16.2 Å². The number of carbonyl (C=O) groups is 1. The molecule has 1 saturated heterocycles. The van der Waals surface area contributed by atoms with Gasteiger partial charge in [0.1, 0.15) is 11.5 Å². The monoisotopic (exact) mass is 392 g/mol. The molecule has 0 radical (unpaired) electrons. The highest BCUT2D eigenvalue weighted by atomic mass is 19.1. The summed E-state index contributed by atoms with van der Waals surface area (Å²) in [6.07, 6.45) is 3.27. The second-order valence-corrected chi connectivity index (χ2v) is 6.67. The molecule has 1 aliphatic rings. The summed E-state index contributed by atoms with van der Waals surface area (Å²) in [6.45, 7) is 2.93. The Balaban J connectivity index is 1.38.